The molecule has 4 rings (SSSR count). The van der Waals surface area contributed by atoms with Gasteiger partial charge in [0.2, 0.25) is 5.91 Å². The van der Waals surface area contributed by atoms with Crippen LogP contribution in [0.3, 0.4) is 0 Å². The average molecular weight is 442 g/mol. The Balaban J connectivity index is 1.07. The van der Waals surface area contributed by atoms with Crippen molar-refractivity contribution >= 4 is 22.9 Å². The number of anilines is 1. The Morgan fingerprint density at radius 1 is 1.06 bits per heavy atom. The zero-order valence-electron chi connectivity index (χ0n) is 18.6. The summed E-state index contributed by atoms with van der Waals surface area (Å²) in [5.74, 6) is 0.417. The zero-order valence-corrected chi connectivity index (χ0v) is 19.4. The molecule has 2 fully saturated rings. The third-order valence-corrected chi connectivity index (χ3v) is 7.28. The fraction of sp³-hybridized carbons (Fsp3) is 0.583. The molecule has 2 aliphatic heterocycles. The van der Waals surface area contributed by atoms with Gasteiger partial charge in [0.05, 0.1) is 10.7 Å². The zero-order chi connectivity index (χ0) is 21.5. The highest BCUT2D eigenvalue weighted by molar-refractivity contribution is 7.09. The Bertz CT molecular complexity index is 810. The lowest BCUT2D eigenvalue weighted by atomic mass is 9.96. The molecule has 1 amide bonds. The normalized spacial score (nSPS) is 18.9. The number of piperidine rings is 1. The molecular formula is C24H35N5OS. The van der Waals surface area contributed by atoms with E-state index in [9.17, 15) is 4.79 Å². The second kappa shape index (κ2) is 11.1. The number of carbonyl (C=O) groups excluding carboxylic acids is 1. The molecule has 1 aromatic carbocycles. The molecule has 0 radical (unpaired) electrons. The molecule has 0 spiro atoms. The van der Waals surface area contributed by atoms with Crippen LogP contribution in [-0.2, 0) is 11.3 Å². The van der Waals surface area contributed by atoms with Crippen molar-refractivity contribution in [3.05, 3.63) is 46.4 Å². The Morgan fingerprint density at radius 2 is 1.81 bits per heavy atom. The predicted octanol–water partition coefficient (Wildman–Crippen LogP) is 2.99. The Hall–Kier alpha value is -1.96. The van der Waals surface area contributed by atoms with Crippen molar-refractivity contribution in [1.82, 2.24) is 20.1 Å². The Morgan fingerprint density at radius 3 is 2.48 bits per heavy atom. The number of rotatable bonds is 8. The van der Waals surface area contributed by atoms with Gasteiger partial charge in [0.15, 0.2) is 0 Å². The van der Waals surface area contributed by atoms with E-state index in [4.69, 9.17) is 0 Å². The molecule has 168 valence electrons. The molecule has 2 aliphatic rings. The van der Waals surface area contributed by atoms with Crippen molar-refractivity contribution in [3.63, 3.8) is 0 Å². The molecule has 3 heterocycles. The van der Waals surface area contributed by atoms with Crippen molar-refractivity contribution < 1.29 is 4.79 Å². The first-order valence-corrected chi connectivity index (χ1v) is 12.5. The van der Waals surface area contributed by atoms with Gasteiger partial charge in [-0.25, -0.2) is 4.98 Å². The molecular weight excluding hydrogens is 406 g/mol. The molecule has 0 bridgehead atoms. The van der Waals surface area contributed by atoms with Crippen LogP contribution in [0.5, 0.6) is 0 Å². The van der Waals surface area contributed by atoms with Crippen LogP contribution >= 0.6 is 11.3 Å². The number of hydrogen-bond acceptors (Lipinski definition) is 6. The summed E-state index contributed by atoms with van der Waals surface area (Å²) in [4.78, 5) is 24.5. The summed E-state index contributed by atoms with van der Waals surface area (Å²) in [6.07, 6.45) is 2.94. The topological polar surface area (TPSA) is 51.7 Å². The number of amides is 1. The fourth-order valence-corrected chi connectivity index (χ4v) is 5.19. The molecule has 6 nitrogen and oxygen atoms in total. The Labute approximate surface area is 190 Å². The first-order chi connectivity index (χ1) is 15.2. The van der Waals surface area contributed by atoms with Crippen molar-refractivity contribution in [1.29, 1.82) is 0 Å². The molecule has 0 atom stereocenters. The van der Waals surface area contributed by atoms with E-state index in [1.54, 1.807) is 11.3 Å². The summed E-state index contributed by atoms with van der Waals surface area (Å²) < 4.78 is 0. The number of carbonyl (C=O) groups is 1. The SMILES string of the molecule is Cc1nc(CN2CCC(C(=O)NCCCN3CCN(c4ccccc4)CC3)CC2)cs1. The first-order valence-electron chi connectivity index (χ1n) is 11.6. The molecule has 1 N–H and O–H groups in total. The van der Waals surface area contributed by atoms with Crippen molar-refractivity contribution in [2.45, 2.75) is 32.7 Å². The van der Waals surface area contributed by atoms with E-state index in [1.165, 1.54) is 5.69 Å². The molecule has 0 aliphatic carbocycles. The number of thiazole rings is 1. The van der Waals surface area contributed by atoms with Crippen LogP contribution in [0.4, 0.5) is 5.69 Å². The lowest BCUT2D eigenvalue weighted by Crippen LogP contribution is -2.47. The summed E-state index contributed by atoms with van der Waals surface area (Å²) in [6, 6.07) is 10.7. The predicted molar refractivity (Wildman–Crippen MR) is 128 cm³/mol. The van der Waals surface area contributed by atoms with E-state index in [0.29, 0.717) is 0 Å². The maximum Gasteiger partial charge on any atom is 0.223 e. The lowest BCUT2D eigenvalue weighted by Gasteiger charge is -2.36. The quantitative estimate of drug-likeness (QED) is 0.639. The van der Waals surface area contributed by atoms with Gasteiger partial charge < -0.3 is 10.2 Å². The largest absolute Gasteiger partial charge is 0.369 e. The van der Waals surface area contributed by atoms with Crippen LogP contribution in [0.1, 0.15) is 30.0 Å². The highest BCUT2D eigenvalue weighted by Crippen LogP contribution is 2.20. The fourth-order valence-electron chi connectivity index (χ4n) is 4.59. The summed E-state index contributed by atoms with van der Waals surface area (Å²) >= 11 is 1.71. The van der Waals surface area contributed by atoms with Crippen LogP contribution in [0.15, 0.2) is 35.7 Å². The van der Waals surface area contributed by atoms with Gasteiger partial charge in [-0.05, 0) is 58.0 Å². The van der Waals surface area contributed by atoms with Crippen molar-refractivity contribution in [2.24, 2.45) is 5.92 Å². The van der Waals surface area contributed by atoms with Crippen molar-refractivity contribution in [3.8, 4) is 0 Å². The highest BCUT2D eigenvalue weighted by atomic mass is 32.1. The molecule has 7 heteroatoms. The number of likely N-dealkylation sites (tertiary alicyclic amines) is 1. The van der Waals surface area contributed by atoms with Crippen molar-refractivity contribution in [2.75, 3.05) is 57.3 Å². The van der Waals surface area contributed by atoms with Gasteiger partial charge in [0.1, 0.15) is 0 Å². The van der Waals surface area contributed by atoms with Crippen LogP contribution in [0.25, 0.3) is 0 Å². The second-order valence-electron chi connectivity index (χ2n) is 8.72. The number of para-hydroxylation sites is 1. The smallest absolute Gasteiger partial charge is 0.223 e. The maximum absolute atomic E-state index is 12.6. The van der Waals surface area contributed by atoms with Crippen LogP contribution < -0.4 is 10.2 Å². The van der Waals surface area contributed by atoms with Gasteiger partial charge in [-0.15, -0.1) is 11.3 Å². The molecule has 0 saturated carbocycles. The number of hydrogen-bond donors (Lipinski definition) is 1. The number of aromatic nitrogens is 1. The van der Waals surface area contributed by atoms with Gasteiger partial charge >= 0.3 is 0 Å². The van der Waals surface area contributed by atoms with Gasteiger partial charge in [-0.1, -0.05) is 18.2 Å². The van der Waals surface area contributed by atoms with Gasteiger partial charge in [-0.2, -0.15) is 0 Å². The lowest BCUT2D eigenvalue weighted by molar-refractivity contribution is -0.126. The van der Waals surface area contributed by atoms with Gasteiger partial charge in [0, 0.05) is 56.3 Å². The Kier molecular flexibility index (Phi) is 7.94. The minimum atomic E-state index is 0.169. The molecule has 0 unspecified atom stereocenters. The molecule has 2 saturated heterocycles. The molecule has 2 aromatic rings. The number of nitrogens with zero attached hydrogens (tertiary/aromatic N) is 4. The minimum Gasteiger partial charge on any atom is -0.369 e. The number of benzene rings is 1. The maximum atomic E-state index is 12.6. The third-order valence-electron chi connectivity index (χ3n) is 6.45. The van der Waals surface area contributed by atoms with Crippen LogP contribution in [0, 0.1) is 12.8 Å². The standard InChI is InChI=1S/C24H35N5OS/c1-20-26-22(19-31-20)18-28-12-8-21(9-13-28)24(30)25-10-5-11-27-14-16-29(17-15-27)23-6-3-2-4-7-23/h2-4,6-7,19,21H,5,8-18H2,1H3,(H,25,30). The van der Waals surface area contributed by atoms with Gasteiger partial charge in [-0.3, -0.25) is 14.6 Å². The molecule has 1 aromatic heterocycles. The van der Waals surface area contributed by atoms with E-state index >= 15 is 0 Å². The number of aryl methyl sites for hydroxylation is 1. The average Bonchev–Trinajstić information content (AvgIpc) is 3.22. The van der Waals surface area contributed by atoms with Gasteiger partial charge in [0.25, 0.3) is 0 Å². The number of nitrogens with one attached hydrogen (secondary N) is 1. The van der Waals surface area contributed by atoms with Crippen LogP contribution in [-0.4, -0.2) is 73.0 Å². The summed E-state index contributed by atoms with van der Waals surface area (Å²) in [6.45, 7) is 11.1. The second-order valence-corrected chi connectivity index (χ2v) is 9.78. The van der Waals surface area contributed by atoms with E-state index in [1.807, 2.05) is 0 Å². The number of piperazine rings is 1. The summed E-state index contributed by atoms with van der Waals surface area (Å²) in [7, 11) is 0. The third kappa shape index (κ3) is 6.51. The highest BCUT2D eigenvalue weighted by Gasteiger charge is 2.25. The summed E-state index contributed by atoms with van der Waals surface area (Å²) in [5.41, 5.74) is 2.48. The van der Waals surface area contributed by atoms with Crippen LogP contribution in [0.2, 0.25) is 0 Å². The van der Waals surface area contributed by atoms with E-state index in [2.05, 4.69) is 67.6 Å². The van der Waals surface area contributed by atoms with E-state index in [0.717, 1.165) is 88.9 Å². The van der Waals surface area contributed by atoms with E-state index in [-0.39, 0.29) is 11.8 Å². The minimum absolute atomic E-state index is 0.169. The first kappa shape index (κ1) is 22.2. The molecule has 31 heavy (non-hydrogen) atoms. The monoisotopic (exact) mass is 441 g/mol. The summed E-state index contributed by atoms with van der Waals surface area (Å²) in [5, 5.41) is 6.46. The van der Waals surface area contributed by atoms with E-state index < -0.39 is 0 Å².